The first-order valence-corrected chi connectivity index (χ1v) is 9.80. The number of hydrogen-bond acceptors (Lipinski definition) is 4. The molecule has 0 aliphatic carbocycles. The lowest BCUT2D eigenvalue weighted by atomic mass is 10.1. The van der Waals surface area contributed by atoms with E-state index in [4.69, 9.17) is 5.26 Å². The Hall–Kier alpha value is -0.640. The van der Waals surface area contributed by atoms with Crippen LogP contribution in [0.2, 0.25) is 0 Å². The minimum Gasteiger partial charge on any atom is -0.303 e. The largest absolute Gasteiger partial charge is 0.303 e. The van der Waals surface area contributed by atoms with Crippen LogP contribution in [0, 0.1) is 17.2 Å². The molecule has 0 radical (unpaired) electrons. The third-order valence-corrected chi connectivity index (χ3v) is 6.47. The fraction of sp³-hybridized carbons (Fsp3) is 0.933. The predicted octanol–water partition coefficient (Wildman–Crippen LogP) is 1.82. The molecule has 5 nitrogen and oxygen atoms in total. The summed E-state index contributed by atoms with van der Waals surface area (Å²) < 4.78 is 26.2. The lowest BCUT2D eigenvalue weighted by Gasteiger charge is -2.28. The van der Waals surface area contributed by atoms with Gasteiger partial charge in [-0.2, -0.15) is 5.26 Å². The zero-order valence-corrected chi connectivity index (χ0v) is 13.7. The number of sulfonamides is 1. The van der Waals surface area contributed by atoms with Crippen LogP contribution in [0.15, 0.2) is 0 Å². The van der Waals surface area contributed by atoms with Crippen LogP contribution in [0.1, 0.15) is 44.9 Å². The van der Waals surface area contributed by atoms with Gasteiger partial charge in [0.15, 0.2) is 0 Å². The van der Waals surface area contributed by atoms with E-state index >= 15 is 0 Å². The first-order valence-electron chi connectivity index (χ1n) is 8.19. The second-order valence-electron chi connectivity index (χ2n) is 6.31. The number of nitriles is 1. The van der Waals surface area contributed by atoms with Gasteiger partial charge in [-0.15, -0.1) is 0 Å². The van der Waals surface area contributed by atoms with Crippen molar-refractivity contribution in [3.63, 3.8) is 0 Å². The molecule has 0 amide bonds. The summed E-state index contributed by atoms with van der Waals surface area (Å²) in [6, 6.07) is 2.06. The van der Waals surface area contributed by atoms with Crippen molar-refractivity contribution in [1.82, 2.24) is 9.21 Å². The molecular formula is C15H27N3O2S. The van der Waals surface area contributed by atoms with Crippen molar-refractivity contribution < 1.29 is 8.42 Å². The molecule has 0 saturated carbocycles. The van der Waals surface area contributed by atoms with Crippen LogP contribution in [-0.4, -0.2) is 56.1 Å². The summed E-state index contributed by atoms with van der Waals surface area (Å²) in [4.78, 5) is 2.50. The van der Waals surface area contributed by atoms with Crippen LogP contribution < -0.4 is 0 Å². The molecule has 2 fully saturated rings. The second-order valence-corrected chi connectivity index (χ2v) is 8.39. The van der Waals surface area contributed by atoms with Crippen LogP contribution in [0.5, 0.6) is 0 Å². The predicted molar refractivity (Wildman–Crippen MR) is 83.2 cm³/mol. The minimum absolute atomic E-state index is 0.200. The monoisotopic (exact) mass is 313 g/mol. The van der Waals surface area contributed by atoms with E-state index in [1.807, 2.05) is 0 Å². The Labute approximate surface area is 129 Å². The molecule has 1 atom stereocenters. The molecule has 2 saturated heterocycles. The van der Waals surface area contributed by atoms with E-state index in [0.717, 1.165) is 13.0 Å². The third kappa shape index (κ3) is 5.24. The zero-order valence-electron chi connectivity index (χ0n) is 12.8. The lowest BCUT2D eigenvalue weighted by molar-refractivity contribution is 0.198. The van der Waals surface area contributed by atoms with Crippen molar-refractivity contribution in [2.45, 2.75) is 44.9 Å². The molecule has 0 N–H and O–H groups in total. The van der Waals surface area contributed by atoms with E-state index < -0.39 is 10.0 Å². The van der Waals surface area contributed by atoms with Gasteiger partial charge in [0.1, 0.15) is 0 Å². The maximum atomic E-state index is 12.3. The summed E-state index contributed by atoms with van der Waals surface area (Å²) >= 11 is 0. The Morgan fingerprint density at radius 3 is 2.57 bits per heavy atom. The van der Waals surface area contributed by atoms with Gasteiger partial charge >= 0.3 is 0 Å². The van der Waals surface area contributed by atoms with Crippen molar-refractivity contribution in [2.24, 2.45) is 5.92 Å². The Bertz CT molecular complexity index is 452. The van der Waals surface area contributed by atoms with Crippen molar-refractivity contribution >= 4 is 10.0 Å². The van der Waals surface area contributed by atoms with Gasteiger partial charge < -0.3 is 4.90 Å². The summed E-state index contributed by atoms with van der Waals surface area (Å²) in [5.74, 6) is 0.697. The van der Waals surface area contributed by atoms with Crippen LogP contribution >= 0.6 is 0 Å². The van der Waals surface area contributed by atoms with Crippen molar-refractivity contribution in [3.05, 3.63) is 0 Å². The van der Waals surface area contributed by atoms with Crippen molar-refractivity contribution in [1.29, 1.82) is 5.26 Å². The van der Waals surface area contributed by atoms with Gasteiger partial charge in [0.25, 0.3) is 0 Å². The molecule has 0 bridgehead atoms. The number of piperidine rings is 1. The normalized spacial score (nSPS) is 25.0. The van der Waals surface area contributed by atoms with Crippen LogP contribution in [0.4, 0.5) is 0 Å². The summed E-state index contributed by atoms with van der Waals surface area (Å²) in [6.07, 6.45) is 6.64. The smallest absolute Gasteiger partial charge is 0.214 e. The molecule has 2 aliphatic heterocycles. The van der Waals surface area contributed by atoms with Gasteiger partial charge in [-0.3, -0.25) is 0 Å². The first kappa shape index (κ1) is 16.7. The van der Waals surface area contributed by atoms with E-state index in [1.54, 1.807) is 4.31 Å². The Morgan fingerprint density at radius 2 is 1.86 bits per heavy atom. The Kier molecular flexibility index (Phi) is 6.46. The van der Waals surface area contributed by atoms with E-state index in [-0.39, 0.29) is 5.75 Å². The molecule has 0 spiro atoms. The van der Waals surface area contributed by atoms with Crippen molar-refractivity contribution in [2.75, 3.05) is 38.5 Å². The number of unbranched alkanes of at least 4 members (excludes halogenated alkanes) is 2. The highest BCUT2D eigenvalue weighted by Crippen LogP contribution is 2.22. The number of hydrogen-bond donors (Lipinski definition) is 0. The quantitative estimate of drug-likeness (QED) is 0.673. The highest BCUT2D eigenvalue weighted by atomic mass is 32.2. The molecule has 0 aromatic carbocycles. The molecule has 21 heavy (non-hydrogen) atoms. The van der Waals surface area contributed by atoms with E-state index in [9.17, 15) is 8.42 Å². The van der Waals surface area contributed by atoms with Gasteiger partial charge in [-0.25, -0.2) is 12.7 Å². The highest BCUT2D eigenvalue weighted by molar-refractivity contribution is 7.89. The molecular weight excluding hydrogens is 286 g/mol. The average Bonchev–Trinajstić information content (AvgIpc) is 2.94. The van der Waals surface area contributed by atoms with E-state index in [2.05, 4.69) is 11.0 Å². The first-order chi connectivity index (χ1) is 10.1. The summed E-state index contributed by atoms with van der Waals surface area (Å²) in [6.45, 7) is 4.78. The topological polar surface area (TPSA) is 64.4 Å². The van der Waals surface area contributed by atoms with Crippen LogP contribution in [0.25, 0.3) is 0 Å². The van der Waals surface area contributed by atoms with Gasteiger partial charge in [0.2, 0.25) is 10.0 Å². The SMILES string of the molecule is N#CCCCCS(=O)(=O)N1CCC(CN2CCCCC2)C1. The van der Waals surface area contributed by atoms with Gasteiger partial charge in [-0.05, 0) is 51.1 Å². The lowest BCUT2D eigenvalue weighted by Crippen LogP contribution is -2.36. The molecule has 0 aromatic rings. The molecule has 2 aliphatic rings. The van der Waals surface area contributed by atoms with Gasteiger partial charge in [0.05, 0.1) is 11.8 Å². The average molecular weight is 313 g/mol. The molecule has 120 valence electrons. The standard InChI is InChI=1S/C15H27N3O2S/c16-8-3-1-6-12-21(19,20)18-11-7-15(14-18)13-17-9-4-2-5-10-17/h15H,1-7,9-14H2. The maximum Gasteiger partial charge on any atom is 0.214 e. The summed E-state index contributed by atoms with van der Waals surface area (Å²) in [7, 11) is -3.11. The summed E-state index contributed by atoms with van der Waals surface area (Å²) in [5, 5.41) is 8.48. The Balaban J connectivity index is 1.74. The third-order valence-electron chi connectivity index (χ3n) is 4.55. The minimum atomic E-state index is -3.11. The zero-order chi connectivity index (χ0) is 15.1. The molecule has 2 rings (SSSR count). The maximum absolute atomic E-state index is 12.3. The van der Waals surface area contributed by atoms with Gasteiger partial charge in [-0.1, -0.05) is 6.42 Å². The van der Waals surface area contributed by atoms with Crippen LogP contribution in [-0.2, 0) is 10.0 Å². The van der Waals surface area contributed by atoms with Gasteiger partial charge in [0, 0.05) is 26.1 Å². The van der Waals surface area contributed by atoms with Crippen LogP contribution in [0.3, 0.4) is 0 Å². The molecule has 6 heteroatoms. The Morgan fingerprint density at radius 1 is 1.10 bits per heavy atom. The number of rotatable bonds is 7. The fourth-order valence-electron chi connectivity index (χ4n) is 3.32. The molecule has 1 unspecified atom stereocenters. The summed E-state index contributed by atoms with van der Waals surface area (Å²) in [5.41, 5.74) is 0. The highest BCUT2D eigenvalue weighted by Gasteiger charge is 2.31. The fourth-order valence-corrected chi connectivity index (χ4v) is 4.97. The molecule has 2 heterocycles. The van der Waals surface area contributed by atoms with E-state index in [0.29, 0.717) is 38.3 Å². The van der Waals surface area contributed by atoms with E-state index in [1.165, 1.54) is 32.4 Å². The number of nitrogens with zero attached hydrogens (tertiary/aromatic N) is 3. The number of likely N-dealkylation sites (tertiary alicyclic amines) is 1. The molecule has 0 aromatic heterocycles. The second kappa shape index (κ2) is 8.11. The van der Waals surface area contributed by atoms with Crippen molar-refractivity contribution in [3.8, 4) is 6.07 Å².